The second-order valence-corrected chi connectivity index (χ2v) is 4.66. The van der Waals surface area contributed by atoms with Crippen LogP contribution in [0.3, 0.4) is 0 Å². The molecule has 0 radical (unpaired) electrons. The van der Waals surface area contributed by atoms with E-state index in [0.29, 0.717) is 11.4 Å². The fraction of sp³-hybridized carbons (Fsp3) is 0.133. The minimum absolute atomic E-state index is 0.231. The topological polar surface area (TPSA) is 70.7 Å². The van der Waals surface area contributed by atoms with Crippen molar-refractivity contribution in [2.45, 2.75) is 13.8 Å². The van der Waals surface area contributed by atoms with E-state index in [1.54, 1.807) is 6.20 Å². The monoisotopic (exact) mass is 266 g/mol. The van der Waals surface area contributed by atoms with Crippen molar-refractivity contribution >= 4 is 22.5 Å². The zero-order chi connectivity index (χ0) is 14.1. The first-order valence-electron chi connectivity index (χ1n) is 6.33. The van der Waals surface area contributed by atoms with E-state index in [0.717, 1.165) is 22.2 Å². The summed E-state index contributed by atoms with van der Waals surface area (Å²) in [6, 6.07) is 9.52. The average Bonchev–Trinajstić information content (AvgIpc) is 2.79. The molecule has 5 nitrogen and oxygen atoms in total. The first-order chi connectivity index (χ1) is 9.66. The summed E-state index contributed by atoms with van der Waals surface area (Å²) in [5, 5.41) is 10.7. The van der Waals surface area contributed by atoms with E-state index in [9.17, 15) is 4.79 Å². The summed E-state index contributed by atoms with van der Waals surface area (Å²) in [5.74, 6) is -0.231. The molecule has 3 rings (SSSR count). The number of amides is 1. The largest absolute Gasteiger partial charge is 0.319 e. The highest BCUT2D eigenvalue weighted by Gasteiger charge is 2.15. The Balaban J connectivity index is 1.97. The molecule has 0 aliphatic rings. The summed E-state index contributed by atoms with van der Waals surface area (Å²) < 4.78 is 0. The van der Waals surface area contributed by atoms with Gasteiger partial charge in [-0.2, -0.15) is 5.10 Å². The molecule has 1 aromatic carbocycles. The van der Waals surface area contributed by atoms with Crippen LogP contribution < -0.4 is 5.32 Å². The fourth-order valence-corrected chi connectivity index (χ4v) is 2.09. The van der Waals surface area contributed by atoms with Crippen molar-refractivity contribution in [2.24, 2.45) is 0 Å². The summed E-state index contributed by atoms with van der Waals surface area (Å²) in [6.07, 6.45) is 1.71. The molecule has 0 aliphatic carbocycles. The smallest absolute Gasteiger partial charge is 0.276 e. The maximum Gasteiger partial charge on any atom is 0.276 e. The van der Waals surface area contributed by atoms with E-state index in [2.05, 4.69) is 20.5 Å². The van der Waals surface area contributed by atoms with Crippen molar-refractivity contribution in [1.29, 1.82) is 0 Å². The third kappa shape index (κ3) is 2.03. The Morgan fingerprint density at radius 2 is 2.00 bits per heavy atom. The van der Waals surface area contributed by atoms with E-state index in [4.69, 9.17) is 0 Å². The number of fused-ring (bicyclic) bond motifs is 1. The maximum atomic E-state index is 12.3. The number of pyridine rings is 1. The predicted molar refractivity (Wildman–Crippen MR) is 77.8 cm³/mol. The van der Waals surface area contributed by atoms with Gasteiger partial charge in [0.2, 0.25) is 0 Å². The van der Waals surface area contributed by atoms with Crippen molar-refractivity contribution < 1.29 is 4.79 Å². The number of anilines is 1. The number of H-pyrrole nitrogens is 1. The number of nitrogens with zero attached hydrogens (tertiary/aromatic N) is 2. The van der Waals surface area contributed by atoms with Crippen LogP contribution in [0.25, 0.3) is 10.9 Å². The van der Waals surface area contributed by atoms with Crippen molar-refractivity contribution in [2.75, 3.05) is 5.32 Å². The van der Waals surface area contributed by atoms with Gasteiger partial charge in [-0.3, -0.25) is 14.9 Å². The number of hydrogen-bond acceptors (Lipinski definition) is 3. The number of nitrogens with one attached hydrogen (secondary N) is 2. The molecule has 0 aliphatic heterocycles. The molecule has 2 N–H and O–H groups in total. The number of aromatic nitrogens is 3. The highest BCUT2D eigenvalue weighted by atomic mass is 16.1. The normalized spacial score (nSPS) is 10.7. The van der Waals surface area contributed by atoms with E-state index < -0.39 is 0 Å². The summed E-state index contributed by atoms with van der Waals surface area (Å²) in [4.78, 5) is 16.6. The Morgan fingerprint density at radius 3 is 2.75 bits per heavy atom. The number of aryl methyl sites for hydroxylation is 1. The molecule has 3 aromatic rings. The van der Waals surface area contributed by atoms with Crippen LogP contribution in [-0.2, 0) is 0 Å². The molecule has 100 valence electrons. The Morgan fingerprint density at radius 1 is 1.20 bits per heavy atom. The van der Waals surface area contributed by atoms with Crippen LogP contribution in [0.1, 0.15) is 21.7 Å². The van der Waals surface area contributed by atoms with Crippen LogP contribution in [0.5, 0.6) is 0 Å². The Bertz CT molecular complexity index is 786. The van der Waals surface area contributed by atoms with E-state index in [1.807, 2.05) is 44.2 Å². The van der Waals surface area contributed by atoms with Gasteiger partial charge in [-0.1, -0.05) is 18.2 Å². The average molecular weight is 266 g/mol. The third-order valence-electron chi connectivity index (χ3n) is 3.35. The maximum absolute atomic E-state index is 12.3. The predicted octanol–water partition coefficient (Wildman–Crippen LogP) is 2.83. The van der Waals surface area contributed by atoms with Crippen LogP contribution in [0.4, 0.5) is 5.69 Å². The lowest BCUT2D eigenvalue weighted by molar-refractivity contribution is 0.102. The van der Waals surface area contributed by atoms with Gasteiger partial charge in [0, 0.05) is 22.8 Å². The fourth-order valence-electron chi connectivity index (χ4n) is 2.09. The molecule has 0 spiro atoms. The molecule has 5 heteroatoms. The van der Waals surface area contributed by atoms with Crippen molar-refractivity contribution in [3.63, 3.8) is 0 Å². The van der Waals surface area contributed by atoms with Crippen LogP contribution in [0, 0.1) is 13.8 Å². The van der Waals surface area contributed by atoms with Crippen molar-refractivity contribution in [1.82, 2.24) is 15.2 Å². The van der Waals surface area contributed by atoms with Gasteiger partial charge in [0.15, 0.2) is 5.69 Å². The second kappa shape index (κ2) is 4.77. The van der Waals surface area contributed by atoms with Gasteiger partial charge in [-0.05, 0) is 26.0 Å². The SMILES string of the molecule is Cc1[nH]nc(C(=O)Nc2cccc3cccnc23)c1C. The summed E-state index contributed by atoms with van der Waals surface area (Å²) >= 11 is 0. The zero-order valence-electron chi connectivity index (χ0n) is 11.3. The van der Waals surface area contributed by atoms with E-state index in [1.165, 1.54) is 0 Å². The quantitative estimate of drug-likeness (QED) is 0.749. The molecule has 2 aromatic heterocycles. The van der Waals surface area contributed by atoms with E-state index in [-0.39, 0.29) is 5.91 Å². The highest BCUT2D eigenvalue weighted by Crippen LogP contribution is 2.21. The van der Waals surface area contributed by atoms with Gasteiger partial charge in [-0.15, -0.1) is 0 Å². The van der Waals surface area contributed by atoms with Crippen LogP contribution in [0.15, 0.2) is 36.5 Å². The molecular weight excluding hydrogens is 252 g/mol. The van der Waals surface area contributed by atoms with Crippen molar-refractivity contribution in [3.05, 3.63) is 53.5 Å². The van der Waals surface area contributed by atoms with E-state index >= 15 is 0 Å². The third-order valence-corrected chi connectivity index (χ3v) is 3.35. The number of carbonyl (C=O) groups is 1. The van der Waals surface area contributed by atoms with Crippen LogP contribution >= 0.6 is 0 Å². The zero-order valence-corrected chi connectivity index (χ0v) is 11.3. The lowest BCUT2D eigenvalue weighted by Gasteiger charge is -2.07. The minimum atomic E-state index is -0.231. The number of benzene rings is 1. The molecule has 0 saturated carbocycles. The lowest BCUT2D eigenvalue weighted by Crippen LogP contribution is -2.14. The number of hydrogen-bond donors (Lipinski definition) is 2. The van der Waals surface area contributed by atoms with Gasteiger partial charge in [-0.25, -0.2) is 0 Å². The summed E-state index contributed by atoms with van der Waals surface area (Å²) in [6.45, 7) is 3.76. The molecule has 0 bridgehead atoms. The van der Waals surface area contributed by atoms with Crippen LogP contribution in [-0.4, -0.2) is 21.1 Å². The molecule has 0 atom stereocenters. The molecule has 0 unspecified atom stereocenters. The number of para-hydroxylation sites is 1. The molecule has 1 amide bonds. The highest BCUT2D eigenvalue weighted by molar-refractivity contribution is 6.08. The summed E-state index contributed by atoms with van der Waals surface area (Å²) in [5.41, 5.74) is 3.62. The first-order valence-corrected chi connectivity index (χ1v) is 6.33. The number of carbonyl (C=O) groups excluding carboxylic acids is 1. The van der Waals surface area contributed by atoms with Gasteiger partial charge < -0.3 is 5.32 Å². The van der Waals surface area contributed by atoms with Crippen molar-refractivity contribution in [3.8, 4) is 0 Å². The lowest BCUT2D eigenvalue weighted by atomic mass is 10.1. The number of aromatic amines is 1. The van der Waals surface area contributed by atoms with Gasteiger partial charge in [0.25, 0.3) is 5.91 Å². The number of rotatable bonds is 2. The molecule has 0 fully saturated rings. The Labute approximate surface area is 116 Å². The van der Waals surface area contributed by atoms with Gasteiger partial charge in [0.1, 0.15) is 0 Å². The molecule has 2 heterocycles. The Hall–Kier alpha value is -2.69. The van der Waals surface area contributed by atoms with Gasteiger partial charge in [0.05, 0.1) is 11.2 Å². The molecule has 20 heavy (non-hydrogen) atoms. The first kappa shape index (κ1) is 12.3. The molecular formula is C15H14N4O. The Kier molecular flexibility index (Phi) is 2.95. The minimum Gasteiger partial charge on any atom is -0.319 e. The summed E-state index contributed by atoms with van der Waals surface area (Å²) in [7, 11) is 0. The van der Waals surface area contributed by atoms with Gasteiger partial charge >= 0.3 is 0 Å². The molecule has 0 saturated heterocycles. The standard InChI is InChI=1S/C15H14N4O/c1-9-10(2)18-19-13(9)15(20)17-12-7-3-5-11-6-4-8-16-14(11)12/h3-8H,1-2H3,(H,17,20)(H,18,19). The van der Waals surface area contributed by atoms with Crippen LogP contribution in [0.2, 0.25) is 0 Å². The second-order valence-electron chi connectivity index (χ2n) is 4.66.